The van der Waals surface area contributed by atoms with E-state index in [9.17, 15) is 4.79 Å². The Labute approximate surface area is 147 Å². The van der Waals surface area contributed by atoms with E-state index in [0.717, 1.165) is 29.4 Å². The van der Waals surface area contributed by atoms with Gasteiger partial charge in [-0.25, -0.2) is 0 Å². The van der Waals surface area contributed by atoms with Gasteiger partial charge in [-0.2, -0.15) is 0 Å². The van der Waals surface area contributed by atoms with Gasteiger partial charge in [0.25, 0.3) is 0 Å². The molecule has 2 rings (SSSR count). The van der Waals surface area contributed by atoms with Crippen LogP contribution >= 0.6 is 11.8 Å². The molecule has 0 aliphatic rings. The third-order valence-corrected chi connectivity index (χ3v) is 4.71. The van der Waals surface area contributed by atoms with E-state index >= 15 is 0 Å². The lowest BCUT2D eigenvalue weighted by molar-refractivity contribution is -0.119. The second kappa shape index (κ2) is 8.82. The summed E-state index contributed by atoms with van der Waals surface area (Å²) in [5.74, 6) is 1.80. The van der Waals surface area contributed by atoms with Gasteiger partial charge < -0.3 is 9.88 Å². The molecule has 0 aliphatic carbocycles. The predicted octanol–water partition coefficient (Wildman–Crippen LogP) is 2.91. The van der Waals surface area contributed by atoms with Crippen molar-refractivity contribution >= 4 is 17.7 Å². The average Bonchev–Trinajstić information content (AvgIpc) is 2.92. The summed E-state index contributed by atoms with van der Waals surface area (Å²) in [5.41, 5.74) is 0.957. The lowest BCUT2D eigenvalue weighted by atomic mass is 10.0. The van der Waals surface area contributed by atoms with Crippen LogP contribution in [0.5, 0.6) is 0 Å². The van der Waals surface area contributed by atoms with Crippen molar-refractivity contribution in [2.24, 2.45) is 13.0 Å². The fourth-order valence-electron chi connectivity index (χ4n) is 2.30. The van der Waals surface area contributed by atoms with Gasteiger partial charge in [0.2, 0.25) is 5.91 Å². The van der Waals surface area contributed by atoms with Crippen molar-refractivity contribution in [2.75, 3.05) is 5.75 Å². The van der Waals surface area contributed by atoms with Gasteiger partial charge in [-0.1, -0.05) is 25.6 Å². The number of hydrogen-bond donors (Lipinski definition) is 1. The van der Waals surface area contributed by atoms with Gasteiger partial charge in [0.05, 0.1) is 5.75 Å². The van der Waals surface area contributed by atoms with Crippen molar-refractivity contribution < 1.29 is 4.79 Å². The minimum atomic E-state index is 0.0321. The van der Waals surface area contributed by atoms with E-state index in [1.165, 1.54) is 11.8 Å². The van der Waals surface area contributed by atoms with Crippen LogP contribution in [0.3, 0.4) is 0 Å². The summed E-state index contributed by atoms with van der Waals surface area (Å²) in [6.45, 7) is 6.44. The Morgan fingerprint density at radius 3 is 2.58 bits per heavy atom. The molecule has 0 aromatic carbocycles. The first-order valence-electron chi connectivity index (χ1n) is 8.19. The summed E-state index contributed by atoms with van der Waals surface area (Å²) in [5, 5.41) is 12.2. The first kappa shape index (κ1) is 18.4. The largest absolute Gasteiger partial charge is 0.353 e. The van der Waals surface area contributed by atoms with Crippen molar-refractivity contribution in [1.29, 1.82) is 0 Å². The van der Waals surface area contributed by atoms with Crippen molar-refractivity contribution in [3.63, 3.8) is 0 Å². The second-order valence-electron chi connectivity index (χ2n) is 6.33. The third kappa shape index (κ3) is 5.33. The van der Waals surface area contributed by atoms with Gasteiger partial charge in [-0.05, 0) is 37.8 Å². The summed E-state index contributed by atoms with van der Waals surface area (Å²) in [6.07, 6.45) is 5.57. The Balaban J connectivity index is 1.86. The van der Waals surface area contributed by atoms with E-state index < -0.39 is 0 Å². The van der Waals surface area contributed by atoms with E-state index in [0.29, 0.717) is 11.7 Å². The lowest BCUT2D eigenvalue weighted by Gasteiger charge is -2.14. The molecule has 0 aliphatic heterocycles. The molecular weight excluding hydrogens is 322 g/mol. The first-order valence-corrected chi connectivity index (χ1v) is 9.18. The van der Waals surface area contributed by atoms with Crippen LogP contribution in [0.2, 0.25) is 0 Å². The molecule has 2 heterocycles. The van der Waals surface area contributed by atoms with Gasteiger partial charge in [0, 0.05) is 31.0 Å². The molecule has 0 saturated heterocycles. The number of carbonyl (C=O) groups excluding carboxylic acids is 1. The maximum atomic E-state index is 12.1. The molecular formula is C17H25N5OS. The smallest absolute Gasteiger partial charge is 0.230 e. The Morgan fingerprint density at radius 1 is 1.21 bits per heavy atom. The molecule has 130 valence electrons. The van der Waals surface area contributed by atoms with Crippen LogP contribution in [0.4, 0.5) is 0 Å². The summed E-state index contributed by atoms with van der Waals surface area (Å²) >= 11 is 1.40. The number of nitrogens with one attached hydrogen (secondary N) is 1. The summed E-state index contributed by atoms with van der Waals surface area (Å²) < 4.78 is 1.90. The molecule has 0 radical (unpaired) electrons. The standard InChI is InChI=1S/C17H25N5OS/c1-12(2)5-6-13(3)19-15(23)11-24-17-21-20-16(22(17)4)14-7-9-18-10-8-14/h7-10,12-13H,5-6,11H2,1-4H3,(H,19,23)/t13-/m0/s1. The quantitative estimate of drug-likeness (QED) is 0.743. The van der Waals surface area contributed by atoms with Crippen LogP contribution < -0.4 is 5.32 Å². The van der Waals surface area contributed by atoms with Crippen molar-refractivity contribution in [1.82, 2.24) is 25.1 Å². The van der Waals surface area contributed by atoms with Crippen LogP contribution in [0.1, 0.15) is 33.6 Å². The number of carbonyl (C=O) groups is 1. The zero-order chi connectivity index (χ0) is 17.5. The summed E-state index contributed by atoms with van der Waals surface area (Å²) in [7, 11) is 1.90. The molecule has 0 unspecified atom stereocenters. The molecule has 0 fully saturated rings. The van der Waals surface area contributed by atoms with Crippen LogP contribution in [0, 0.1) is 5.92 Å². The van der Waals surface area contributed by atoms with Crippen molar-refractivity contribution in [3.05, 3.63) is 24.5 Å². The van der Waals surface area contributed by atoms with E-state index in [1.807, 2.05) is 23.7 Å². The fraction of sp³-hybridized carbons (Fsp3) is 0.529. The summed E-state index contributed by atoms with van der Waals surface area (Å²) in [4.78, 5) is 16.1. The fourth-order valence-corrected chi connectivity index (χ4v) is 3.02. The number of amides is 1. The van der Waals surface area contributed by atoms with Gasteiger partial charge in [-0.3, -0.25) is 9.78 Å². The third-order valence-electron chi connectivity index (χ3n) is 3.69. The van der Waals surface area contributed by atoms with Crippen LogP contribution in [-0.4, -0.2) is 37.5 Å². The Bertz CT molecular complexity index is 656. The van der Waals surface area contributed by atoms with E-state index in [1.54, 1.807) is 12.4 Å². The second-order valence-corrected chi connectivity index (χ2v) is 7.27. The van der Waals surface area contributed by atoms with Crippen LogP contribution in [-0.2, 0) is 11.8 Å². The number of thioether (sulfide) groups is 1. The summed E-state index contributed by atoms with van der Waals surface area (Å²) in [6, 6.07) is 3.98. The number of nitrogens with zero attached hydrogens (tertiary/aromatic N) is 4. The monoisotopic (exact) mass is 347 g/mol. The predicted molar refractivity (Wildman–Crippen MR) is 96.6 cm³/mol. The molecule has 2 aromatic heterocycles. The molecule has 7 heteroatoms. The van der Waals surface area contributed by atoms with Gasteiger partial charge in [0.1, 0.15) is 0 Å². The number of hydrogen-bond acceptors (Lipinski definition) is 5. The highest BCUT2D eigenvalue weighted by Crippen LogP contribution is 2.21. The maximum Gasteiger partial charge on any atom is 0.230 e. The van der Waals surface area contributed by atoms with Gasteiger partial charge in [0.15, 0.2) is 11.0 Å². The molecule has 1 atom stereocenters. The number of rotatable bonds is 8. The number of pyridine rings is 1. The van der Waals surface area contributed by atoms with E-state index in [-0.39, 0.29) is 11.9 Å². The van der Waals surface area contributed by atoms with Crippen molar-refractivity contribution in [3.8, 4) is 11.4 Å². The highest BCUT2D eigenvalue weighted by atomic mass is 32.2. The van der Waals surface area contributed by atoms with Gasteiger partial charge >= 0.3 is 0 Å². The lowest BCUT2D eigenvalue weighted by Crippen LogP contribution is -2.34. The molecule has 6 nitrogen and oxygen atoms in total. The zero-order valence-corrected chi connectivity index (χ0v) is 15.5. The van der Waals surface area contributed by atoms with E-state index in [2.05, 4.69) is 41.3 Å². The van der Waals surface area contributed by atoms with Crippen molar-refractivity contribution in [2.45, 2.75) is 44.8 Å². The number of aromatic nitrogens is 4. The average molecular weight is 347 g/mol. The molecule has 0 spiro atoms. The molecule has 24 heavy (non-hydrogen) atoms. The molecule has 1 amide bonds. The zero-order valence-electron chi connectivity index (χ0n) is 14.7. The van der Waals surface area contributed by atoms with Crippen LogP contribution in [0.25, 0.3) is 11.4 Å². The Hall–Kier alpha value is -1.89. The van der Waals surface area contributed by atoms with Crippen LogP contribution in [0.15, 0.2) is 29.7 Å². The maximum absolute atomic E-state index is 12.1. The molecule has 0 saturated carbocycles. The molecule has 0 bridgehead atoms. The molecule has 2 aromatic rings. The Kier molecular flexibility index (Phi) is 6.78. The highest BCUT2D eigenvalue weighted by Gasteiger charge is 2.14. The first-order chi connectivity index (χ1) is 11.5. The van der Waals surface area contributed by atoms with E-state index in [4.69, 9.17) is 0 Å². The normalized spacial score (nSPS) is 12.4. The SMILES string of the molecule is CC(C)CC[C@H](C)NC(=O)CSc1nnc(-c2ccncc2)n1C. The van der Waals surface area contributed by atoms with Gasteiger partial charge in [-0.15, -0.1) is 10.2 Å². The minimum absolute atomic E-state index is 0.0321. The Morgan fingerprint density at radius 2 is 1.92 bits per heavy atom. The topological polar surface area (TPSA) is 72.7 Å². The minimum Gasteiger partial charge on any atom is -0.353 e. The molecule has 1 N–H and O–H groups in total. The highest BCUT2D eigenvalue weighted by molar-refractivity contribution is 7.99.